The molecule has 0 aliphatic carbocycles. The first kappa shape index (κ1) is 12.9. The maximum atomic E-state index is 12.3. The molecule has 1 aliphatic rings. The Hall–Kier alpha value is -1.57. The van der Waals surface area contributed by atoms with Crippen LogP contribution in [0.3, 0.4) is 0 Å². The Bertz CT molecular complexity index is 487. The van der Waals surface area contributed by atoms with Crippen LogP contribution in [0.1, 0.15) is 31.2 Å². The van der Waals surface area contributed by atoms with Crippen LogP contribution < -0.4 is 5.32 Å². The van der Waals surface area contributed by atoms with E-state index in [0.29, 0.717) is 35.7 Å². The molecule has 0 radical (unpaired) electrons. The average Bonchev–Trinajstić information content (AvgIpc) is 2.78. The molecular formula is C10H11F2N3O2S. The number of carbonyl (C=O) groups is 1. The molecule has 0 saturated carbocycles. The normalized spacial score (nSPS) is 15.8. The summed E-state index contributed by atoms with van der Waals surface area (Å²) in [6.45, 7) is 2.30. The van der Waals surface area contributed by atoms with Crippen LogP contribution in [0.5, 0.6) is 0 Å². The number of alkyl halides is 2. The van der Waals surface area contributed by atoms with Gasteiger partial charge in [-0.1, -0.05) is 11.3 Å². The zero-order valence-corrected chi connectivity index (χ0v) is 10.4. The summed E-state index contributed by atoms with van der Waals surface area (Å²) in [6.07, 6.45) is -1.30. The monoisotopic (exact) mass is 275 g/mol. The minimum absolute atomic E-state index is 0.0705. The van der Waals surface area contributed by atoms with E-state index in [9.17, 15) is 13.6 Å². The highest BCUT2D eigenvalue weighted by molar-refractivity contribution is 7.15. The van der Waals surface area contributed by atoms with E-state index in [1.54, 1.807) is 6.92 Å². The highest BCUT2D eigenvalue weighted by atomic mass is 32.1. The summed E-state index contributed by atoms with van der Waals surface area (Å²) in [6, 6.07) is 0. The van der Waals surface area contributed by atoms with Crippen molar-refractivity contribution in [1.82, 2.24) is 10.2 Å². The second-order valence-corrected chi connectivity index (χ2v) is 4.70. The van der Waals surface area contributed by atoms with E-state index in [4.69, 9.17) is 4.74 Å². The number of nitrogens with one attached hydrogen (secondary N) is 1. The molecule has 0 unspecified atom stereocenters. The van der Waals surface area contributed by atoms with Gasteiger partial charge in [-0.3, -0.25) is 10.1 Å². The van der Waals surface area contributed by atoms with E-state index >= 15 is 0 Å². The van der Waals surface area contributed by atoms with Gasteiger partial charge in [0.15, 0.2) is 5.01 Å². The molecule has 2 heterocycles. The molecule has 0 bridgehead atoms. The second kappa shape index (κ2) is 5.38. The zero-order chi connectivity index (χ0) is 13.1. The third kappa shape index (κ3) is 2.81. The number of hydrogen-bond donors (Lipinski definition) is 1. The number of anilines is 1. The van der Waals surface area contributed by atoms with Gasteiger partial charge in [-0.15, -0.1) is 10.2 Å². The number of nitrogens with zero attached hydrogens (tertiary/aromatic N) is 2. The van der Waals surface area contributed by atoms with Crippen LogP contribution in [0.25, 0.3) is 0 Å². The van der Waals surface area contributed by atoms with E-state index < -0.39 is 11.4 Å². The first-order valence-electron chi connectivity index (χ1n) is 5.33. The third-order valence-electron chi connectivity index (χ3n) is 2.44. The summed E-state index contributed by atoms with van der Waals surface area (Å²) >= 11 is 0.667. The number of carbonyl (C=O) groups excluding carboxylic acids is 1. The van der Waals surface area contributed by atoms with Gasteiger partial charge in [-0.05, 0) is 19.8 Å². The predicted molar refractivity (Wildman–Crippen MR) is 61.4 cm³/mol. The zero-order valence-electron chi connectivity index (χ0n) is 9.57. The second-order valence-electron chi connectivity index (χ2n) is 3.69. The molecule has 0 spiro atoms. The molecule has 1 N–H and O–H groups in total. The number of rotatable bonds is 3. The Morgan fingerprint density at radius 3 is 2.89 bits per heavy atom. The minimum atomic E-state index is -2.67. The standard InChI is InChI=1S/C10H11F2N3O2S/c1-5-6(3-2-4-17-5)8(16)13-10-15-14-9(18-10)7(11)12/h7H,2-4H2,1H3,(H,13,15,16). The molecule has 98 valence electrons. The summed E-state index contributed by atoms with van der Waals surface area (Å²) in [4.78, 5) is 11.9. The summed E-state index contributed by atoms with van der Waals surface area (Å²) in [5, 5.41) is 8.90. The highest BCUT2D eigenvalue weighted by Gasteiger charge is 2.20. The van der Waals surface area contributed by atoms with Gasteiger partial charge in [-0.2, -0.15) is 0 Å². The fourth-order valence-electron chi connectivity index (χ4n) is 1.56. The van der Waals surface area contributed by atoms with Crippen LogP contribution in [0.4, 0.5) is 13.9 Å². The number of amides is 1. The SMILES string of the molecule is CC1=C(C(=O)Nc2nnc(C(F)F)s2)CCCO1. The Kier molecular flexibility index (Phi) is 3.85. The molecule has 5 nitrogen and oxygen atoms in total. The average molecular weight is 275 g/mol. The quantitative estimate of drug-likeness (QED) is 0.920. The number of aromatic nitrogens is 2. The van der Waals surface area contributed by atoms with Crippen molar-refractivity contribution < 1.29 is 18.3 Å². The van der Waals surface area contributed by atoms with Gasteiger partial charge >= 0.3 is 0 Å². The van der Waals surface area contributed by atoms with Crippen molar-refractivity contribution in [2.75, 3.05) is 11.9 Å². The van der Waals surface area contributed by atoms with E-state index in [-0.39, 0.29) is 11.0 Å². The first-order chi connectivity index (χ1) is 8.58. The van der Waals surface area contributed by atoms with Crippen molar-refractivity contribution in [3.63, 3.8) is 0 Å². The fourth-order valence-corrected chi connectivity index (χ4v) is 2.15. The summed E-state index contributed by atoms with van der Waals surface area (Å²) in [5.41, 5.74) is 0.523. The molecular weight excluding hydrogens is 264 g/mol. The van der Waals surface area contributed by atoms with Crippen LogP contribution >= 0.6 is 11.3 Å². The lowest BCUT2D eigenvalue weighted by atomic mass is 10.1. The van der Waals surface area contributed by atoms with Crippen LogP contribution in [0.2, 0.25) is 0 Å². The maximum absolute atomic E-state index is 12.3. The minimum Gasteiger partial charge on any atom is -0.498 e. The Morgan fingerprint density at radius 1 is 1.50 bits per heavy atom. The third-order valence-corrected chi connectivity index (χ3v) is 3.28. The Morgan fingerprint density at radius 2 is 2.28 bits per heavy atom. The van der Waals surface area contributed by atoms with Gasteiger partial charge in [0.1, 0.15) is 5.76 Å². The van der Waals surface area contributed by atoms with E-state index in [1.807, 2.05) is 0 Å². The first-order valence-corrected chi connectivity index (χ1v) is 6.15. The smallest absolute Gasteiger partial charge is 0.291 e. The Labute approximate surface area is 106 Å². The lowest BCUT2D eigenvalue weighted by molar-refractivity contribution is -0.113. The van der Waals surface area contributed by atoms with Crippen LogP contribution in [-0.2, 0) is 9.53 Å². The number of allylic oxidation sites excluding steroid dienone is 1. The highest BCUT2D eigenvalue weighted by Crippen LogP contribution is 2.26. The van der Waals surface area contributed by atoms with Crippen molar-refractivity contribution in [3.05, 3.63) is 16.3 Å². The van der Waals surface area contributed by atoms with E-state index in [0.717, 1.165) is 6.42 Å². The number of halogens is 2. The van der Waals surface area contributed by atoms with Gasteiger partial charge in [0, 0.05) is 0 Å². The number of hydrogen-bond acceptors (Lipinski definition) is 5. The Balaban J connectivity index is 2.06. The van der Waals surface area contributed by atoms with E-state index in [1.165, 1.54) is 0 Å². The van der Waals surface area contributed by atoms with Gasteiger partial charge in [0.2, 0.25) is 5.13 Å². The lowest BCUT2D eigenvalue weighted by Gasteiger charge is -2.17. The van der Waals surface area contributed by atoms with Gasteiger partial charge in [0.25, 0.3) is 12.3 Å². The summed E-state index contributed by atoms with van der Waals surface area (Å²) in [5.74, 6) is 0.196. The molecule has 1 aromatic heterocycles. The van der Waals surface area contributed by atoms with Crippen molar-refractivity contribution in [2.45, 2.75) is 26.2 Å². The van der Waals surface area contributed by atoms with Crippen molar-refractivity contribution in [1.29, 1.82) is 0 Å². The molecule has 0 atom stereocenters. The van der Waals surface area contributed by atoms with Gasteiger partial charge in [0.05, 0.1) is 12.2 Å². The van der Waals surface area contributed by atoms with Crippen molar-refractivity contribution >= 4 is 22.4 Å². The van der Waals surface area contributed by atoms with Gasteiger partial charge in [-0.25, -0.2) is 8.78 Å². The van der Waals surface area contributed by atoms with Crippen LogP contribution in [0, 0.1) is 0 Å². The summed E-state index contributed by atoms with van der Waals surface area (Å²) < 4.78 is 29.9. The largest absolute Gasteiger partial charge is 0.498 e. The number of ether oxygens (including phenoxy) is 1. The molecule has 0 aromatic carbocycles. The molecule has 1 aliphatic heterocycles. The molecule has 1 aromatic rings. The molecule has 2 rings (SSSR count). The van der Waals surface area contributed by atoms with Crippen molar-refractivity contribution in [2.24, 2.45) is 0 Å². The fraction of sp³-hybridized carbons (Fsp3) is 0.500. The molecule has 0 fully saturated rings. The molecule has 8 heteroatoms. The molecule has 18 heavy (non-hydrogen) atoms. The van der Waals surface area contributed by atoms with Crippen molar-refractivity contribution in [3.8, 4) is 0 Å². The predicted octanol–water partition coefficient (Wildman–Crippen LogP) is 2.50. The van der Waals surface area contributed by atoms with Gasteiger partial charge < -0.3 is 4.74 Å². The maximum Gasteiger partial charge on any atom is 0.291 e. The van der Waals surface area contributed by atoms with Crippen LogP contribution in [0.15, 0.2) is 11.3 Å². The summed E-state index contributed by atoms with van der Waals surface area (Å²) in [7, 11) is 0. The topological polar surface area (TPSA) is 64.1 Å². The molecule has 1 amide bonds. The molecule has 0 saturated heterocycles. The van der Waals surface area contributed by atoms with Crippen LogP contribution in [-0.4, -0.2) is 22.7 Å². The lowest BCUT2D eigenvalue weighted by Crippen LogP contribution is -2.19. The van der Waals surface area contributed by atoms with E-state index in [2.05, 4.69) is 15.5 Å².